The van der Waals surface area contributed by atoms with Gasteiger partial charge in [-0.05, 0) is 31.2 Å². The topological polar surface area (TPSA) is 12.0 Å². The molecule has 2 fully saturated rings. The lowest BCUT2D eigenvalue weighted by atomic mass is 9.75. The maximum Gasteiger partial charge on any atom is 0.00978 e. The summed E-state index contributed by atoms with van der Waals surface area (Å²) in [7, 11) is 0. The van der Waals surface area contributed by atoms with Crippen LogP contribution in [0.4, 0.5) is 0 Å². The van der Waals surface area contributed by atoms with Crippen molar-refractivity contribution in [1.82, 2.24) is 5.32 Å². The predicted molar refractivity (Wildman–Crippen MR) is 61.4 cm³/mol. The maximum atomic E-state index is 3.71. The van der Waals surface area contributed by atoms with E-state index in [-0.39, 0.29) is 0 Å². The van der Waals surface area contributed by atoms with Crippen LogP contribution in [0.15, 0.2) is 0 Å². The van der Waals surface area contributed by atoms with Crippen molar-refractivity contribution < 1.29 is 0 Å². The van der Waals surface area contributed by atoms with Crippen molar-refractivity contribution in [3.05, 3.63) is 0 Å². The summed E-state index contributed by atoms with van der Waals surface area (Å²) < 4.78 is 0. The summed E-state index contributed by atoms with van der Waals surface area (Å²) in [4.78, 5) is 0. The lowest BCUT2D eigenvalue weighted by Gasteiger charge is -2.36. The van der Waals surface area contributed by atoms with Crippen LogP contribution < -0.4 is 5.32 Å². The Morgan fingerprint density at radius 1 is 0.929 bits per heavy atom. The Morgan fingerprint density at radius 2 is 1.57 bits per heavy atom. The SMILES string of the molecule is CCNC1CCCCC1C1CCCC1. The van der Waals surface area contributed by atoms with Crippen LogP contribution in [0.5, 0.6) is 0 Å². The first-order valence-corrected chi connectivity index (χ1v) is 6.65. The van der Waals surface area contributed by atoms with E-state index in [0.717, 1.165) is 24.4 Å². The molecule has 1 nitrogen and oxygen atoms in total. The highest BCUT2D eigenvalue weighted by Gasteiger charge is 2.32. The molecular formula is C13H25N. The summed E-state index contributed by atoms with van der Waals surface area (Å²) in [5, 5.41) is 3.71. The van der Waals surface area contributed by atoms with Crippen LogP contribution in [-0.4, -0.2) is 12.6 Å². The molecule has 0 spiro atoms. The van der Waals surface area contributed by atoms with Crippen LogP contribution in [0.25, 0.3) is 0 Å². The molecule has 1 heteroatoms. The minimum Gasteiger partial charge on any atom is -0.314 e. The van der Waals surface area contributed by atoms with Gasteiger partial charge < -0.3 is 5.32 Å². The third-order valence-electron chi connectivity index (χ3n) is 4.29. The van der Waals surface area contributed by atoms with Crippen molar-refractivity contribution in [3.63, 3.8) is 0 Å². The van der Waals surface area contributed by atoms with E-state index in [9.17, 15) is 0 Å². The fourth-order valence-electron chi connectivity index (χ4n) is 3.62. The second-order valence-electron chi connectivity index (χ2n) is 5.16. The number of nitrogens with one attached hydrogen (secondary N) is 1. The molecule has 0 aliphatic heterocycles. The van der Waals surface area contributed by atoms with E-state index in [0.29, 0.717) is 0 Å². The molecule has 14 heavy (non-hydrogen) atoms. The van der Waals surface area contributed by atoms with Gasteiger partial charge in [-0.3, -0.25) is 0 Å². The van der Waals surface area contributed by atoms with Gasteiger partial charge in [-0.2, -0.15) is 0 Å². The van der Waals surface area contributed by atoms with Crippen LogP contribution in [0, 0.1) is 11.8 Å². The number of rotatable bonds is 3. The Morgan fingerprint density at radius 3 is 2.29 bits per heavy atom. The second kappa shape index (κ2) is 5.16. The van der Waals surface area contributed by atoms with Gasteiger partial charge in [0, 0.05) is 6.04 Å². The molecule has 82 valence electrons. The van der Waals surface area contributed by atoms with Gasteiger partial charge in [0.2, 0.25) is 0 Å². The smallest absolute Gasteiger partial charge is 0.00978 e. The van der Waals surface area contributed by atoms with Gasteiger partial charge in [0.1, 0.15) is 0 Å². The molecule has 0 radical (unpaired) electrons. The van der Waals surface area contributed by atoms with Gasteiger partial charge in [0.25, 0.3) is 0 Å². The highest BCUT2D eigenvalue weighted by molar-refractivity contribution is 4.87. The maximum absolute atomic E-state index is 3.71. The van der Waals surface area contributed by atoms with Gasteiger partial charge in [-0.25, -0.2) is 0 Å². The standard InChI is InChI=1S/C13H25N/c1-2-14-13-10-6-5-9-12(13)11-7-3-4-8-11/h11-14H,2-10H2,1H3. The molecule has 1 N–H and O–H groups in total. The van der Waals surface area contributed by atoms with Crippen molar-refractivity contribution in [1.29, 1.82) is 0 Å². The third-order valence-corrected chi connectivity index (χ3v) is 4.29. The fraction of sp³-hybridized carbons (Fsp3) is 1.00. The highest BCUT2D eigenvalue weighted by atomic mass is 14.9. The lowest BCUT2D eigenvalue weighted by molar-refractivity contribution is 0.189. The molecule has 0 aromatic heterocycles. The lowest BCUT2D eigenvalue weighted by Crippen LogP contribution is -2.41. The predicted octanol–water partition coefficient (Wildman–Crippen LogP) is 3.34. The highest BCUT2D eigenvalue weighted by Crippen LogP contribution is 2.39. The summed E-state index contributed by atoms with van der Waals surface area (Å²) >= 11 is 0. The first-order valence-electron chi connectivity index (χ1n) is 6.65. The van der Waals surface area contributed by atoms with Crippen molar-refractivity contribution in [2.45, 2.75) is 64.3 Å². The molecule has 2 unspecified atom stereocenters. The minimum absolute atomic E-state index is 0.858. The van der Waals surface area contributed by atoms with Crippen LogP contribution in [0.2, 0.25) is 0 Å². The van der Waals surface area contributed by atoms with Crippen LogP contribution in [0.3, 0.4) is 0 Å². The molecule has 2 aliphatic carbocycles. The molecule has 2 saturated carbocycles. The summed E-state index contributed by atoms with van der Waals surface area (Å²) in [5.74, 6) is 2.09. The van der Waals surface area contributed by atoms with E-state index in [1.54, 1.807) is 0 Å². The Bertz CT molecular complexity index is 159. The largest absolute Gasteiger partial charge is 0.314 e. The van der Waals surface area contributed by atoms with E-state index in [4.69, 9.17) is 0 Å². The van der Waals surface area contributed by atoms with E-state index in [1.165, 1.54) is 51.4 Å². The summed E-state index contributed by atoms with van der Waals surface area (Å²) in [6, 6.07) is 0.858. The molecular weight excluding hydrogens is 170 g/mol. The van der Waals surface area contributed by atoms with E-state index in [2.05, 4.69) is 12.2 Å². The van der Waals surface area contributed by atoms with Crippen LogP contribution in [0.1, 0.15) is 58.3 Å². The van der Waals surface area contributed by atoms with Gasteiger partial charge in [0.05, 0.1) is 0 Å². The molecule has 2 rings (SSSR count). The van der Waals surface area contributed by atoms with Crippen molar-refractivity contribution in [3.8, 4) is 0 Å². The zero-order valence-electron chi connectivity index (χ0n) is 9.60. The van der Waals surface area contributed by atoms with E-state index >= 15 is 0 Å². The van der Waals surface area contributed by atoms with E-state index < -0.39 is 0 Å². The van der Waals surface area contributed by atoms with E-state index in [1.807, 2.05) is 0 Å². The van der Waals surface area contributed by atoms with Crippen molar-refractivity contribution >= 4 is 0 Å². The molecule has 0 amide bonds. The molecule has 0 heterocycles. The molecule has 0 aromatic rings. The van der Waals surface area contributed by atoms with Gasteiger partial charge in [-0.1, -0.05) is 45.4 Å². The zero-order chi connectivity index (χ0) is 9.80. The average Bonchev–Trinajstić information content (AvgIpc) is 2.72. The molecule has 2 aliphatic rings. The number of hydrogen-bond acceptors (Lipinski definition) is 1. The number of hydrogen-bond donors (Lipinski definition) is 1. The minimum atomic E-state index is 0.858. The van der Waals surface area contributed by atoms with Crippen molar-refractivity contribution in [2.75, 3.05) is 6.54 Å². The Hall–Kier alpha value is -0.0400. The van der Waals surface area contributed by atoms with Crippen molar-refractivity contribution in [2.24, 2.45) is 11.8 Å². The summed E-state index contributed by atoms with van der Waals surface area (Å²) in [6.07, 6.45) is 11.9. The first-order chi connectivity index (χ1) is 6.92. The summed E-state index contributed by atoms with van der Waals surface area (Å²) in [6.45, 7) is 3.41. The van der Waals surface area contributed by atoms with Gasteiger partial charge in [-0.15, -0.1) is 0 Å². The third kappa shape index (κ3) is 2.31. The average molecular weight is 195 g/mol. The Kier molecular flexibility index (Phi) is 3.86. The summed E-state index contributed by atoms with van der Waals surface area (Å²) in [5.41, 5.74) is 0. The quantitative estimate of drug-likeness (QED) is 0.728. The molecule has 0 saturated heterocycles. The van der Waals surface area contributed by atoms with Gasteiger partial charge in [0.15, 0.2) is 0 Å². The van der Waals surface area contributed by atoms with Crippen LogP contribution in [-0.2, 0) is 0 Å². The zero-order valence-corrected chi connectivity index (χ0v) is 9.60. The molecule has 0 bridgehead atoms. The Balaban J connectivity index is 1.91. The second-order valence-corrected chi connectivity index (χ2v) is 5.16. The molecule has 2 atom stereocenters. The normalized spacial score (nSPS) is 34.9. The Labute approximate surface area is 88.7 Å². The monoisotopic (exact) mass is 195 g/mol. The van der Waals surface area contributed by atoms with Crippen LogP contribution >= 0.6 is 0 Å². The first kappa shape index (κ1) is 10.5. The molecule has 0 aromatic carbocycles. The fourth-order valence-corrected chi connectivity index (χ4v) is 3.62. The van der Waals surface area contributed by atoms with Gasteiger partial charge >= 0.3 is 0 Å².